The second-order valence-electron chi connectivity index (χ2n) is 5.40. The van der Waals surface area contributed by atoms with Gasteiger partial charge in [0.25, 0.3) is 0 Å². The lowest BCUT2D eigenvalue weighted by molar-refractivity contribution is -0.121. The molecule has 0 aliphatic heterocycles. The average Bonchev–Trinajstić information content (AvgIpc) is 2.46. The highest BCUT2D eigenvalue weighted by Gasteiger charge is 2.05. The molecular formula is C16H26N2O4S. The molecule has 0 saturated carbocycles. The number of carbonyl (C=O) groups excluding carboxylic acids is 1. The van der Waals surface area contributed by atoms with Gasteiger partial charge in [0.05, 0.1) is 12.9 Å². The van der Waals surface area contributed by atoms with Crippen LogP contribution in [0.2, 0.25) is 0 Å². The van der Waals surface area contributed by atoms with Gasteiger partial charge in [0.15, 0.2) is 0 Å². The first-order valence-electron chi connectivity index (χ1n) is 7.75. The summed E-state index contributed by atoms with van der Waals surface area (Å²) in [4.78, 5) is 11.7. The summed E-state index contributed by atoms with van der Waals surface area (Å²) in [6.07, 6.45) is 3.08. The molecule has 1 aromatic carbocycles. The number of carbonyl (C=O) groups is 1. The lowest BCUT2D eigenvalue weighted by atomic mass is 10.0. The highest BCUT2D eigenvalue weighted by molar-refractivity contribution is 7.88. The Labute approximate surface area is 138 Å². The molecule has 0 aromatic heterocycles. The molecule has 0 heterocycles. The van der Waals surface area contributed by atoms with E-state index in [1.807, 2.05) is 26.0 Å². The second-order valence-corrected chi connectivity index (χ2v) is 7.24. The van der Waals surface area contributed by atoms with Gasteiger partial charge in [0, 0.05) is 19.5 Å². The Kier molecular flexibility index (Phi) is 8.05. The number of aryl methyl sites for hydroxylation is 2. The molecule has 0 fully saturated rings. The average molecular weight is 342 g/mol. The molecule has 2 N–H and O–H groups in total. The van der Waals surface area contributed by atoms with Crippen molar-refractivity contribution >= 4 is 15.9 Å². The Hall–Kier alpha value is -1.60. The Bertz CT molecular complexity index is 615. The van der Waals surface area contributed by atoms with E-state index in [1.54, 1.807) is 0 Å². The number of nitrogens with one attached hydrogen (secondary N) is 2. The van der Waals surface area contributed by atoms with E-state index in [9.17, 15) is 13.2 Å². The molecule has 0 radical (unpaired) electrons. The zero-order chi connectivity index (χ0) is 17.3. The van der Waals surface area contributed by atoms with E-state index in [-0.39, 0.29) is 12.5 Å². The van der Waals surface area contributed by atoms with E-state index in [1.165, 1.54) is 5.56 Å². The van der Waals surface area contributed by atoms with Crippen LogP contribution >= 0.6 is 0 Å². The van der Waals surface area contributed by atoms with Crippen LogP contribution in [-0.4, -0.2) is 40.3 Å². The zero-order valence-electron chi connectivity index (χ0n) is 14.0. The summed E-state index contributed by atoms with van der Waals surface area (Å²) in [6, 6.07) is 6.07. The summed E-state index contributed by atoms with van der Waals surface area (Å²) in [5, 5.41) is 2.69. The van der Waals surface area contributed by atoms with Crippen molar-refractivity contribution in [1.29, 1.82) is 0 Å². The standard InChI is InChI=1S/C16H26N2O4S/c1-4-22-15-9-8-14(12-13(15)2)6-5-7-16(19)17-10-11-18-23(3,20)21/h8-9,12,18H,4-7,10-11H2,1-3H3,(H,17,19). The molecule has 0 saturated heterocycles. The summed E-state index contributed by atoms with van der Waals surface area (Å²) in [5.41, 5.74) is 2.28. The first kappa shape index (κ1) is 19.4. The van der Waals surface area contributed by atoms with Gasteiger partial charge in [0.2, 0.25) is 15.9 Å². The van der Waals surface area contributed by atoms with Crippen LogP contribution in [-0.2, 0) is 21.2 Å². The maximum absolute atomic E-state index is 11.7. The quantitative estimate of drug-likeness (QED) is 0.629. The summed E-state index contributed by atoms with van der Waals surface area (Å²) in [5.74, 6) is 0.829. The number of hydrogen-bond acceptors (Lipinski definition) is 4. The smallest absolute Gasteiger partial charge is 0.220 e. The van der Waals surface area contributed by atoms with Crippen molar-refractivity contribution in [1.82, 2.24) is 10.0 Å². The van der Waals surface area contributed by atoms with Crippen molar-refractivity contribution in [2.75, 3.05) is 26.0 Å². The van der Waals surface area contributed by atoms with E-state index in [4.69, 9.17) is 4.74 Å². The summed E-state index contributed by atoms with van der Waals surface area (Å²) in [6.45, 7) is 5.12. The van der Waals surface area contributed by atoms with E-state index < -0.39 is 10.0 Å². The molecular weight excluding hydrogens is 316 g/mol. The first-order chi connectivity index (χ1) is 10.8. The maximum Gasteiger partial charge on any atom is 0.220 e. The number of sulfonamides is 1. The van der Waals surface area contributed by atoms with Crippen molar-refractivity contribution in [3.8, 4) is 5.75 Å². The van der Waals surface area contributed by atoms with Gasteiger partial charge in [-0.1, -0.05) is 12.1 Å². The lowest BCUT2D eigenvalue weighted by Crippen LogP contribution is -2.34. The van der Waals surface area contributed by atoms with Crippen molar-refractivity contribution in [3.63, 3.8) is 0 Å². The second kappa shape index (κ2) is 9.52. The van der Waals surface area contributed by atoms with Crippen molar-refractivity contribution in [3.05, 3.63) is 29.3 Å². The van der Waals surface area contributed by atoms with Crippen molar-refractivity contribution in [2.45, 2.75) is 33.1 Å². The van der Waals surface area contributed by atoms with Crippen LogP contribution in [0.3, 0.4) is 0 Å². The molecule has 0 atom stereocenters. The topological polar surface area (TPSA) is 84.5 Å². The number of amides is 1. The van der Waals surface area contributed by atoms with Crippen LogP contribution in [0.1, 0.15) is 30.9 Å². The Morgan fingerprint density at radius 2 is 2.00 bits per heavy atom. The van der Waals surface area contributed by atoms with E-state index >= 15 is 0 Å². The number of ether oxygens (including phenoxy) is 1. The number of rotatable bonds is 10. The molecule has 0 bridgehead atoms. The third kappa shape index (κ3) is 8.56. The summed E-state index contributed by atoms with van der Waals surface area (Å²) >= 11 is 0. The Balaban J connectivity index is 2.25. The predicted molar refractivity (Wildman–Crippen MR) is 91.1 cm³/mol. The maximum atomic E-state index is 11.7. The van der Waals surface area contributed by atoms with Crippen molar-refractivity contribution in [2.24, 2.45) is 0 Å². The molecule has 7 heteroatoms. The molecule has 23 heavy (non-hydrogen) atoms. The fourth-order valence-corrected chi connectivity index (χ4v) is 2.64. The summed E-state index contributed by atoms with van der Waals surface area (Å²) in [7, 11) is -3.20. The van der Waals surface area contributed by atoms with Crippen LogP contribution in [0, 0.1) is 6.92 Å². The molecule has 0 unspecified atom stereocenters. The lowest BCUT2D eigenvalue weighted by Gasteiger charge is -2.09. The third-order valence-corrected chi connectivity index (χ3v) is 3.95. The van der Waals surface area contributed by atoms with Crippen molar-refractivity contribution < 1.29 is 17.9 Å². The van der Waals surface area contributed by atoms with Crippen LogP contribution in [0.15, 0.2) is 18.2 Å². The van der Waals surface area contributed by atoms with Gasteiger partial charge in [-0.25, -0.2) is 13.1 Å². The van der Waals surface area contributed by atoms with Crippen LogP contribution in [0.25, 0.3) is 0 Å². The van der Waals surface area contributed by atoms with E-state index in [2.05, 4.69) is 16.1 Å². The normalized spacial score (nSPS) is 11.3. The fourth-order valence-electron chi connectivity index (χ4n) is 2.16. The van der Waals surface area contributed by atoms with E-state index in [0.717, 1.165) is 30.4 Å². The van der Waals surface area contributed by atoms with Gasteiger partial charge in [0.1, 0.15) is 5.75 Å². The molecule has 130 valence electrons. The van der Waals surface area contributed by atoms with Gasteiger partial charge < -0.3 is 10.1 Å². The zero-order valence-corrected chi connectivity index (χ0v) is 14.8. The molecule has 0 aliphatic rings. The van der Waals surface area contributed by atoms with Gasteiger partial charge in [-0.2, -0.15) is 0 Å². The summed E-state index contributed by atoms with van der Waals surface area (Å²) < 4.78 is 29.6. The Morgan fingerprint density at radius 3 is 2.61 bits per heavy atom. The van der Waals surface area contributed by atoms with Gasteiger partial charge in [-0.05, 0) is 43.9 Å². The SMILES string of the molecule is CCOc1ccc(CCCC(=O)NCCNS(C)(=O)=O)cc1C. The number of benzene rings is 1. The number of hydrogen-bond donors (Lipinski definition) is 2. The third-order valence-electron chi connectivity index (χ3n) is 3.22. The van der Waals surface area contributed by atoms with E-state index in [0.29, 0.717) is 19.6 Å². The fraction of sp³-hybridized carbons (Fsp3) is 0.562. The highest BCUT2D eigenvalue weighted by atomic mass is 32.2. The van der Waals surface area contributed by atoms with Crippen LogP contribution in [0.5, 0.6) is 5.75 Å². The largest absolute Gasteiger partial charge is 0.494 e. The molecule has 1 amide bonds. The molecule has 0 aliphatic carbocycles. The van der Waals surface area contributed by atoms with Crippen LogP contribution < -0.4 is 14.8 Å². The monoisotopic (exact) mass is 342 g/mol. The molecule has 0 spiro atoms. The minimum Gasteiger partial charge on any atom is -0.494 e. The molecule has 6 nitrogen and oxygen atoms in total. The first-order valence-corrected chi connectivity index (χ1v) is 9.64. The predicted octanol–water partition coefficient (Wildman–Crippen LogP) is 1.38. The minimum atomic E-state index is -3.20. The van der Waals surface area contributed by atoms with Gasteiger partial charge >= 0.3 is 0 Å². The highest BCUT2D eigenvalue weighted by Crippen LogP contribution is 2.20. The van der Waals surface area contributed by atoms with Gasteiger partial charge in [-0.3, -0.25) is 4.79 Å². The van der Waals surface area contributed by atoms with Gasteiger partial charge in [-0.15, -0.1) is 0 Å². The minimum absolute atomic E-state index is 0.0667. The Morgan fingerprint density at radius 1 is 1.26 bits per heavy atom. The molecule has 1 aromatic rings. The molecule has 1 rings (SSSR count). The van der Waals surface area contributed by atoms with Crippen LogP contribution in [0.4, 0.5) is 0 Å².